The van der Waals surface area contributed by atoms with Crippen molar-refractivity contribution in [3.8, 4) is 0 Å². The lowest BCUT2D eigenvalue weighted by Gasteiger charge is -2.41. The normalized spacial score (nSPS) is 19.0. The highest BCUT2D eigenvalue weighted by Crippen LogP contribution is 2.34. The first-order chi connectivity index (χ1) is 7.46. The molecule has 0 radical (unpaired) electrons. The van der Waals surface area contributed by atoms with Crippen LogP contribution < -0.4 is 10.6 Å². The predicted molar refractivity (Wildman–Crippen MR) is 64.4 cm³/mol. The van der Waals surface area contributed by atoms with Gasteiger partial charge in [0.15, 0.2) is 0 Å². The van der Waals surface area contributed by atoms with E-state index in [2.05, 4.69) is 10.6 Å². The van der Waals surface area contributed by atoms with Gasteiger partial charge >= 0.3 is 0 Å². The summed E-state index contributed by atoms with van der Waals surface area (Å²) >= 11 is 0. The maximum absolute atomic E-state index is 11.9. The Morgan fingerprint density at radius 1 is 1.44 bits per heavy atom. The van der Waals surface area contributed by atoms with Crippen LogP contribution in [0.5, 0.6) is 0 Å². The molecular formula is C12H24N2O2. The molecule has 0 aliphatic heterocycles. The van der Waals surface area contributed by atoms with E-state index in [0.717, 1.165) is 19.4 Å². The van der Waals surface area contributed by atoms with Crippen LogP contribution in [0.4, 0.5) is 0 Å². The lowest BCUT2D eigenvalue weighted by molar-refractivity contribution is -0.130. The number of nitrogens with one attached hydrogen (secondary N) is 2. The molecule has 1 saturated carbocycles. The average Bonchev–Trinajstić information content (AvgIpc) is 2.16. The van der Waals surface area contributed by atoms with Crippen molar-refractivity contribution in [2.45, 2.75) is 51.2 Å². The van der Waals surface area contributed by atoms with Gasteiger partial charge in [-0.2, -0.15) is 0 Å². The zero-order valence-electron chi connectivity index (χ0n) is 10.9. The number of rotatable bonds is 6. The SMILES string of the molecule is CCNC(C)(C)C(=O)NCC1(OC)CCC1. The second-order valence-electron chi connectivity index (χ2n) is 5.08. The van der Waals surface area contributed by atoms with Gasteiger partial charge in [0.05, 0.1) is 11.1 Å². The molecule has 1 aliphatic rings. The molecular weight excluding hydrogens is 204 g/mol. The number of ether oxygens (including phenoxy) is 1. The van der Waals surface area contributed by atoms with Crippen LogP contribution in [-0.4, -0.2) is 37.2 Å². The van der Waals surface area contributed by atoms with Gasteiger partial charge in [0, 0.05) is 13.7 Å². The number of hydrogen-bond acceptors (Lipinski definition) is 3. The van der Waals surface area contributed by atoms with E-state index < -0.39 is 5.54 Å². The van der Waals surface area contributed by atoms with E-state index in [9.17, 15) is 4.79 Å². The van der Waals surface area contributed by atoms with E-state index in [1.807, 2.05) is 20.8 Å². The summed E-state index contributed by atoms with van der Waals surface area (Å²) in [5.41, 5.74) is -0.606. The zero-order chi connectivity index (χ0) is 12.2. The third-order valence-corrected chi connectivity index (χ3v) is 3.46. The van der Waals surface area contributed by atoms with Crippen LogP contribution in [0.1, 0.15) is 40.0 Å². The summed E-state index contributed by atoms with van der Waals surface area (Å²) in [7, 11) is 1.72. The molecule has 0 saturated heterocycles. The Balaban J connectivity index is 2.40. The second kappa shape index (κ2) is 5.15. The first kappa shape index (κ1) is 13.5. The first-order valence-electron chi connectivity index (χ1n) is 6.04. The first-order valence-corrected chi connectivity index (χ1v) is 6.04. The standard InChI is InChI=1S/C12H24N2O2/c1-5-14-11(2,3)10(15)13-9-12(16-4)7-6-8-12/h14H,5-9H2,1-4H3,(H,13,15). The molecule has 1 rings (SSSR count). The van der Waals surface area contributed by atoms with Gasteiger partial charge in [0.1, 0.15) is 0 Å². The molecule has 0 aromatic rings. The van der Waals surface area contributed by atoms with Crippen molar-refractivity contribution in [3.05, 3.63) is 0 Å². The van der Waals surface area contributed by atoms with Crippen molar-refractivity contribution in [2.24, 2.45) is 0 Å². The average molecular weight is 228 g/mol. The predicted octanol–water partition coefficient (Wildman–Crippen LogP) is 1.06. The molecule has 4 nitrogen and oxygen atoms in total. The molecule has 0 aromatic carbocycles. The lowest BCUT2D eigenvalue weighted by atomic mass is 9.80. The Morgan fingerprint density at radius 2 is 2.06 bits per heavy atom. The van der Waals surface area contributed by atoms with E-state index in [1.165, 1.54) is 6.42 Å². The van der Waals surface area contributed by atoms with Gasteiger partial charge < -0.3 is 15.4 Å². The Kier molecular flexibility index (Phi) is 4.33. The van der Waals surface area contributed by atoms with Crippen LogP contribution in [0, 0.1) is 0 Å². The summed E-state index contributed by atoms with van der Waals surface area (Å²) in [6, 6.07) is 0. The van der Waals surface area contributed by atoms with Gasteiger partial charge in [0.25, 0.3) is 0 Å². The van der Waals surface area contributed by atoms with Crippen molar-refractivity contribution in [1.82, 2.24) is 10.6 Å². The molecule has 94 valence electrons. The van der Waals surface area contributed by atoms with Crippen molar-refractivity contribution < 1.29 is 9.53 Å². The fourth-order valence-electron chi connectivity index (χ4n) is 2.01. The van der Waals surface area contributed by atoms with Crippen LogP contribution >= 0.6 is 0 Å². The van der Waals surface area contributed by atoms with E-state index in [1.54, 1.807) is 7.11 Å². The van der Waals surface area contributed by atoms with Crippen LogP contribution in [0.2, 0.25) is 0 Å². The van der Waals surface area contributed by atoms with Gasteiger partial charge in [0.2, 0.25) is 5.91 Å². The molecule has 2 N–H and O–H groups in total. The number of hydrogen-bond donors (Lipinski definition) is 2. The molecule has 1 amide bonds. The number of methoxy groups -OCH3 is 1. The number of likely N-dealkylation sites (N-methyl/N-ethyl adjacent to an activating group) is 1. The summed E-state index contributed by atoms with van der Waals surface area (Å²) in [5, 5.41) is 6.13. The summed E-state index contributed by atoms with van der Waals surface area (Å²) in [6.07, 6.45) is 3.29. The third-order valence-electron chi connectivity index (χ3n) is 3.46. The number of carbonyl (C=O) groups excluding carboxylic acids is 1. The molecule has 0 atom stereocenters. The summed E-state index contributed by atoms with van der Waals surface area (Å²) in [4.78, 5) is 11.9. The van der Waals surface area contributed by atoms with Gasteiger partial charge in [-0.15, -0.1) is 0 Å². The third kappa shape index (κ3) is 2.95. The van der Waals surface area contributed by atoms with Gasteiger partial charge in [-0.1, -0.05) is 6.92 Å². The monoisotopic (exact) mass is 228 g/mol. The highest BCUT2D eigenvalue weighted by molar-refractivity contribution is 5.85. The molecule has 0 spiro atoms. The molecule has 4 heteroatoms. The smallest absolute Gasteiger partial charge is 0.239 e. The minimum atomic E-state index is -0.507. The number of carbonyl (C=O) groups is 1. The van der Waals surface area contributed by atoms with E-state index in [0.29, 0.717) is 6.54 Å². The van der Waals surface area contributed by atoms with Crippen molar-refractivity contribution >= 4 is 5.91 Å². The van der Waals surface area contributed by atoms with E-state index in [-0.39, 0.29) is 11.5 Å². The molecule has 16 heavy (non-hydrogen) atoms. The summed E-state index contributed by atoms with van der Waals surface area (Å²) in [6.45, 7) is 7.20. The van der Waals surface area contributed by atoms with Gasteiger partial charge in [-0.25, -0.2) is 0 Å². The molecule has 0 heterocycles. The summed E-state index contributed by atoms with van der Waals surface area (Å²) in [5.74, 6) is 0.0395. The Morgan fingerprint density at radius 3 is 2.44 bits per heavy atom. The molecule has 0 bridgehead atoms. The molecule has 1 fully saturated rings. The van der Waals surface area contributed by atoms with Crippen LogP contribution in [0.3, 0.4) is 0 Å². The lowest BCUT2D eigenvalue weighted by Crippen LogP contribution is -2.57. The largest absolute Gasteiger partial charge is 0.376 e. The van der Waals surface area contributed by atoms with Crippen LogP contribution in [-0.2, 0) is 9.53 Å². The minimum absolute atomic E-state index is 0.0395. The topological polar surface area (TPSA) is 50.4 Å². The summed E-state index contributed by atoms with van der Waals surface area (Å²) < 4.78 is 5.46. The quantitative estimate of drug-likeness (QED) is 0.714. The molecule has 0 aromatic heterocycles. The maximum atomic E-state index is 11.9. The second-order valence-corrected chi connectivity index (χ2v) is 5.08. The maximum Gasteiger partial charge on any atom is 0.239 e. The Labute approximate surface area is 98.1 Å². The van der Waals surface area contributed by atoms with E-state index >= 15 is 0 Å². The fourth-order valence-corrected chi connectivity index (χ4v) is 2.01. The van der Waals surface area contributed by atoms with Crippen molar-refractivity contribution in [2.75, 3.05) is 20.2 Å². The van der Waals surface area contributed by atoms with E-state index in [4.69, 9.17) is 4.74 Å². The fraction of sp³-hybridized carbons (Fsp3) is 0.917. The Bertz CT molecular complexity index is 242. The highest BCUT2D eigenvalue weighted by Gasteiger charge is 2.38. The van der Waals surface area contributed by atoms with Gasteiger partial charge in [-0.05, 0) is 39.7 Å². The minimum Gasteiger partial charge on any atom is -0.376 e. The molecule has 1 aliphatic carbocycles. The van der Waals surface area contributed by atoms with Crippen LogP contribution in [0.15, 0.2) is 0 Å². The number of amides is 1. The van der Waals surface area contributed by atoms with Crippen molar-refractivity contribution in [3.63, 3.8) is 0 Å². The van der Waals surface area contributed by atoms with Gasteiger partial charge in [-0.3, -0.25) is 4.79 Å². The zero-order valence-corrected chi connectivity index (χ0v) is 10.9. The van der Waals surface area contributed by atoms with Crippen LogP contribution in [0.25, 0.3) is 0 Å². The van der Waals surface area contributed by atoms with Crippen molar-refractivity contribution in [1.29, 1.82) is 0 Å². The Hall–Kier alpha value is -0.610. The highest BCUT2D eigenvalue weighted by atomic mass is 16.5. The molecule has 0 unspecified atom stereocenters.